The number of ketones is 1. The summed E-state index contributed by atoms with van der Waals surface area (Å²) in [6.45, 7) is 6.27. The number of aliphatic imine (C=N–C) groups is 1. The Morgan fingerprint density at radius 3 is 1.92 bits per heavy atom. The van der Waals surface area contributed by atoms with Crippen LogP contribution in [0, 0.1) is 5.92 Å². The largest absolute Gasteiger partial charge is 0.508 e. The van der Waals surface area contributed by atoms with E-state index in [0.29, 0.717) is 5.56 Å². The summed E-state index contributed by atoms with van der Waals surface area (Å²) in [6, 6.07) is 0.431. The second-order valence-corrected chi connectivity index (χ2v) is 12.3. The molecule has 1 aromatic rings. The molecule has 266 valence electrons. The summed E-state index contributed by atoms with van der Waals surface area (Å²) in [6.07, 6.45) is -1.82. The van der Waals surface area contributed by atoms with Crippen molar-refractivity contribution in [2.45, 2.75) is 89.5 Å². The molecule has 4 amide bonds. The molecule has 0 saturated heterocycles. The van der Waals surface area contributed by atoms with E-state index in [2.05, 4.69) is 15.6 Å². The van der Waals surface area contributed by atoms with Gasteiger partial charge in [0.2, 0.25) is 17.7 Å². The fourth-order valence-electron chi connectivity index (χ4n) is 4.48. The smallest absolute Gasteiger partial charge is 0.326 e. The number of amides is 4. The number of hydrogen-bond donors (Lipinski definition) is 9. The highest BCUT2D eigenvalue weighted by Crippen LogP contribution is 2.22. The first kappa shape index (κ1) is 40.9. The van der Waals surface area contributed by atoms with Crippen LogP contribution < -0.4 is 33.6 Å². The average Bonchev–Trinajstić information content (AvgIpc) is 2.96. The van der Waals surface area contributed by atoms with Gasteiger partial charge in [-0.3, -0.25) is 38.7 Å². The van der Waals surface area contributed by atoms with Crippen molar-refractivity contribution in [3.8, 4) is 5.75 Å². The normalized spacial score (nSPS) is 14.4. The molecule has 0 heterocycles. The first-order valence-electron chi connectivity index (χ1n) is 14.9. The Hall–Kier alpha value is -5.10. The van der Waals surface area contributed by atoms with E-state index in [1.165, 1.54) is 52.0 Å². The molecule has 18 heteroatoms. The molecule has 4 atom stereocenters. The number of carboxylic acid groups (broad SMARTS) is 2. The van der Waals surface area contributed by atoms with Crippen LogP contribution in [0.25, 0.3) is 0 Å². The minimum Gasteiger partial charge on any atom is -0.508 e. The number of phenols is 1. The van der Waals surface area contributed by atoms with Gasteiger partial charge in [-0.15, -0.1) is 0 Å². The summed E-state index contributed by atoms with van der Waals surface area (Å²) in [5.41, 5.74) is 19.0. The summed E-state index contributed by atoms with van der Waals surface area (Å²) >= 11 is 0. The number of carboxylic acids is 2. The summed E-state index contributed by atoms with van der Waals surface area (Å²) in [5.74, 6) is -9.98. The second-order valence-electron chi connectivity index (χ2n) is 12.3. The van der Waals surface area contributed by atoms with Crippen LogP contribution >= 0.6 is 0 Å². The quantitative estimate of drug-likeness (QED) is 0.0348. The van der Waals surface area contributed by atoms with E-state index in [0.717, 1.165) is 6.92 Å². The zero-order valence-electron chi connectivity index (χ0n) is 27.6. The Bertz CT molecular complexity index is 1400. The summed E-state index contributed by atoms with van der Waals surface area (Å²) in [7, 11) is 0. The number of aliphatic carboxylic acids is 2. The Kier molecular flexibility index (Phi) is 14.6. The number of aromatic hydroxyl groups is 1. The third kappa shape index (κ3) is 11.6. The van der Waals surface area contributed by atoms with Crippen LogP contribution in [-0.2, 0) is 40.0 Å². The maximum atomic E-state index is 14.0. The fourth-order valence-corrected chi connectivity index (χ4v) is 4.48. The van der Waals surface area contributed by atoms with Crippen LogP contribution in [0.2, 0.25) is 0 Å². The molecule has 0 aliphatic rings. The molecule has 18 nitrogen and oxygen atoms in total. The lowest BCUT2D eigenvalue weighted by atomic mass is 9.87. The minimum absolute atomic E-state index is 0.0337. The maximum absolute atomic E-state index is 14.0. The summed E-state index contributed by atoms with van der Waals surface area (Å²) in [5, 5.41) is 33.6. The van der Waals surface area contributed by atoms with Gasteiger partial charge in [-0.25, -0.2) is 4.79 Å². The van der Waals surface area contributed by atoms with Gasteiger partial charge in [0.25, 0.3) is 5.91 Å². The first-order chi connectivity index (χ1) is 22.0. The SMILES string of the molecule is CC(=O)[C@](N)(CCCN=C(N)N)C(=O)N(C(=O)C(C)(C)N)[C@@H](CC(=O)O)C(=O)N[C@H](C(=O)N[C@@H](Cc1ccc(O)cc1)C(=O)O)C(C)C. The van der Waals surface area contributed by atoms with Crippen molar-refractivity contribution < 1.29 is 48.9 Å². The molecule has 0 saturated carbocycles. The van der Waals surface area contributed by atoms with Crippen molar-refractivity contribution in [2.75, 3.05) is 6.54 Å². The van der Waals surface area contributed by atoms with Crippen LogP contribution in [0.4, 0.5) is 0 Å². The predicted molar refractivity (Wildman–Crippen MR) is 172 cm³/mol. The number of guanidine groups is 1. The molecule has 0 aliphatic heterocycles. The van der Waals surface area contributed by atoms with Crippen molar-refractivity contribution in [3.05, 3.63) is 29.8 Å². The molecule has 0 radical (unpaired) electrons. The van der Waals surface area contributed by atoms with E-state index in [9.17, 15) is 48.9 Å². The fraction of sp³-hybridized carbons (Fsp3) is 0.533. The molecule has 13 N–H and O–H groups in total. The van der Waals surface area contributed by atoms with Crippen LogP contribution in [0.5, 0.6) is 5.75 Å². The number of nitrogens with two attached hydrogens (primary N) is 4. The number of carbonyl (C=O) groups excluding carboxylic acids is 5. The van der Waals surface area contributed by atoms with Crippen molar-refractivity contribution in [3.63, 3.8) is 0 Å². The second kappa shape index (κ2) is 17.2. The third-order valence-electron chi connectivity index (χ3n) is 7.24. The lowest BCUT2D eigenvalue weighted by Gasteiger charge is -2.38. The molecule has 0 spiro atoms. The molecule has 48 heavy (non-hydrogen) atoms. The van der Waals surface area contributed by atoms with E-state index in [1.54, 1.807) is 0 Å². The Morgan fingerprint density at radius 2 is 1.48 bits per heavy atom. The van der Waals surface area contributed by atoms with Gasteiger partial charge >= 0.3 is 11.9 Å². The van der Waals surface area contributed by atoms with Crippen molar-refractivity contribution in [1.29, 1.82) is 0 Å². The van der Waals surface area contributed by atoms with Crippen molar-refractivity contribution in [1.82, 2.24) is 15.5 Å². The van der Waals surface area contributed by atoms with E-state index < -0.39 is 89.3 Å². The topological polar surface area (TPSA) is 324 Å². The van der Waals surface area contributed by atoms with Crippen LogP contribution in [-0.4, -0.2) is 103 Å². The molecule has 0 fully saturated rings. The van der Waals surface area contributed by atoms with Crippen LogP contribution in [0.3, 0.4) is 0 Å². The first-order valence-corrected chi connectivity index (χ1v) is 14.9. The lowest BCUT2D eigenvalue weighted by molar-refractivity contribution is -0.161. The third-order valence-corrected chi connectivity index (χ3v) is 7.24. The summed E-state index contributed by atoms with van der Waals surface area (Å²) in [4.78, 5) is 95.5. The van der Waals surface area contributed by atoms with Crippen LogP contribution in [0.1, 0.15) is 59.4 Å². The minimum atomic E-state index is -2.45. The predicted octanol–water partition coefficient (Wildman–Crippen LogP) is -2.08. The molecular formula is C30H46N8O10. The highest BCUT2D eigenvalue weighted by Gasteiger charge is 2.50. The number of imide groups is 1. The van der Waals surface area contributed by atoms with Crippen molar-refractivity contribution in [2.24, 2.45) is 33.8 Å². The number of phenolic OH excluding ortho intramolecular Hbond substituents is 1. The highest BCUT2D eigenvalue weighted by molar-refractivity contribution is 6.16. The zero-order valence-corrected chi connectivity index (χ0v) is 27.6. The van der Waals surface area contributed by atoms with Gasteiger partial charge in [-0.1, -0.05) is 26.0 Å². The van der Waals surface area contributed by atoms with Gasteiger partial charge in [-0.2, -0.15) is 0 Å². The van der Waals surface area contributed by atoms with Gasteiger partial charge in [0.1, 0.15) is 23.9 Å². The number of carbonyl (C=O) groups is 7. The van der Waals surface area contributed by atoms with Gasteiger partial charge in [0, 0.05) is 13.0 Å². The number of nitrogens with one attached hydrogen (secondary N) is 2. The lowest BCUT2D eigenvalue weighted by Crippen LogP contribution is -2.69. The maximum Gasteiger partial charge on any atom is 0.326 e. The Labute approximate surface area is 277 Å². The molecule has 0 bridgehead atoms. The van der Waals surface area contributed by atoms with Crippen LogP contribution in [0.15, 0.2) is 29.3 Å². The Morgan fingerprint density at radius 1 is 0.917 bits per heavy atom. The van der Waals surface area contributed by atoms with E-state index in [1.807, 2.05) is 0 Å². The van der Waals surface area contributed by atoms with E-state index in [-0.39, 0.29) is 36.0 Å². The van der Waals surface area contributed by atoms with Gasteiger partial charge < -0.3 is 48.9 Å². The summed E-state index contributed by atoms with van der Waals surface area (Å²) < 4.78 is 0. The van der Waals surface area contributed by atoms with Gasteiger partial charge in [0.15, 0.2) is 17.3 Å². The molecular weight excluding hydrogens is 632 g/mol. The average molecular weight is 679 g/mol. The number of rotatable bonds is 18. The van der Waals surface area contributed by atoms with Crippen molar-refractivity contribution >= 4 is 47.3 Å². The van der Waals surface area contributed by atoms with Gasteiger partial charge in [-0.05, 0) is 57.2 Å². The number of nitrogens with zero attached hydrogens (tertiary/aromatic N) is 2. The molecule has 0 unspecified atom stereocenters. The van der Waals surface area contributed by atoms with Gasteiger partial charge in [0.05, 0.1) is 12.0 Å². The number of benzene rings is 1. The standard InChI is InChI=1S/C30H46N8O10/c1-15(2)22(24(44)36-19(25(45)46)13-17-7-9-18(40)10-8-17)37-23(43)20(14-21(41)42)38(26(47)29(4,5)33)27(48)30(34,16(3)39)11-6-12-35-28(31)32/h7-10,15,19-20,22,40H,6,11-14,33-34H2,1-5H3,(H,36,44)(H,37,43)(H,41,42)(H,45,46)(H4,31,32,35)/t19-,20-,22-,30+/m0/s1. The van der Waals surface area contributed by atoms with E-state index in [4.69, 9.17) is 22.9 Å². The molecule has 1 rings (SSSR count). The molecule has 0 aromatic heterocycles. The molecule has 0 aliphatic carbocycles. The molecule has 1 aromatic carbocycles. The number of hydrogen-bond acceptors (Lipinski definition) is 11. The monoisotopic (exact) mass is 678 g/mol. The Balaban J connectivity index is 3.56. The highest BCUT2D eigenvalue weighted by atomic mass is 16.4. The van der Waals surface area contributed by atoms with E-state index >= 15 is 0 Å². The number of Topliss-reactive ketones (excluding diaryl/α,β-unsaturated/α-hetero) is 1. The zero-order chi connectivity index (χ0) is 37.1.